The van der Waals surface area contributed by atoms with Crippen LogP contribution in [0.25, 0.3) is 0 Å². The Bertz CT molecular complexity index is 745. The Balaban J connectivity index is 1.84. The summed E-state index contributed by atoms with van der Waals surface area (Å²) in [6.45, 7) is 2.30. The summed E-state index contributed by atoms with van der Waals surface area (Å²) < 4.78 is 5.06. The van der Waals surface area contributed by atoms with Crippen LogP contribution in [0.5, 0.6) is 23.0 Å². The number of rotatable bonds is 7. The zero-order valence-corrected chi connectivity index (χ0v) is 14.3. The van der Waals surface area contributed by atoms with Crippen molar-refractivity contribution in [2.75, 3.05) is 13.7 Å². The minimum atomic E-state index is -0.172. The smallest absolute Gasteiger partial charge is 0.220 e. The van der Waals surface area contributed by atoms with E-state index >= 15 is 0 Å². The molecule has 0 heterocycles. The van der Waals surface area contributed by atoms with Crippen LogP contribution in [0, 0.1) is 0 Å². The maximum atomic E-state index is 12.1. The number of phenolic OH excluding ortho intramolecular Hbond substituents is 3. The molecule has 6 nitrogen and oxygen atoms in total. The summed E-state index contributed by atoms with van der Waals surface area (Å²) in [4.78, 5) is 12.1. The quantitative estimate of drug-likeness (QED) is 0.618. The van der Waals surface area contributed by atoms with Crippen LogP contribution < -0.4 is 10.1 Å². The zero-order chi connectivity index (χ0) is 18.4. The molecule has 0 spiro atoms. The van der Waals surface area contributed by atoms with Gasteiger partial charge in [0.2, 0.25) is 5.91 Å². The molecule has 6 heteroatoms. The van der Waals surface area contributed by atoms with Crippen LogP contribution in [0.15, 0.2) is 36.4 Å². The van der Waals surface area contributed by atoms with Crippen molar-refractivity contribution < 1.29 is 24.9 Å². The highest BCUT2D eigenvalue weighted by atomic mass is 16.5. The molecule has 0 fully saturated rings. The fourth-order valence-electron chi connectivity index (χ4n) is 2.63. The van der Waals surface area contributed by atoms with Gasteiger partial charge in [-0.05, 0) is 41.7 Å². The van der Waals surface area contributed by atoms with Crippen LogP contribution in [0.2, 0.25) is 0 Å². The number of hydrogen-bond donors (Lipinski definition) is 4. The second kappa shape index (κ2) is 8.28. The van der Waals surface area contributed by atoms with E-state index in [1.54, 1.807) is 24.3 Å². The molecule has 0 bridgehead atoms. The first kappa shape index (κ1) is 18.4. The third-order valence-corrected chi connectivity index (χ3v) is 4.02. The lowest BCUT2D eigenvalue weighted by molar-refractivity contribution is -0.121. The standard InChI is InChI=1S/C19H23NO5/c1-12(15-5-4-14(21)11-17(15)23)9-19(24)20-8-7-13-3-6-16(22)18(10-13)25-2/h3-6,10-12,21-23H,7-9H2,1-2H3,(H,20,24). The van der Waals surface area contributed by atoms with Crippen molar-refractivity contribution in [1.82, 2.24) is 5.32 Å². The van der Waals surface area contributed by atoms with Crippen LogP contribution >= 0.6 is 0 Å². The van der Waals surface area contributed by atoms with Gasteiger partial charge in [-0.15, -0.1) is 0 Å². The predicted molar refractivity (Wildman–Crippen MR) is 94.2 cm³/mol. The van der Waals surface area contributed by atoms with Gasteiger partial charge in [0.25, 0.3) is 0 Å². The highest BCUT2D eigenvalue weighted by molar-refractivity contribution is 5.77. The lowest BCUT2D eigenvalue weighted by Crippen LogP contribution is -2.26. The average Bonchev–Trinajstić information content (AvgIpc) is 2.56. The average molecular weight is 345 g/mol. The van der Waals surface area contributed by atoms with Crippen LogP contribution in [-0.4, -0.2) is 34.9 Å². The first-order valence-corrected chi connectivity index (χ1v) is 8.05. The van der Waals surface area contributed by atoms with Crippen LogP contribution in [0.4, 0.5) is 0 Å². The van der Waals surface area contributed by atoms with E-state index in [9.17, 15) is 20.1 Å². The maximum absolute atomic E-state index is 12.1. The Morgan fingerprint density at radius 3 is 2.56 bits per heavy atom. The van der Waals surface area contributed by atoms with Crippen molar-refractivity contribution in [1.29, 1.82) is 0 Å². The minimum Gasteiger partial charge on any atom is -0.508 e. The van der Waals surface area contributed by atoms with E-state index in [4.69, 9.17) is 4.74 Å². The summed E-state index contributed by atoms with van der Waals surface area (Å²) in [6.07, 6.45) is 0.846. The van der Waals surface area contributed by atoms with Gasteiger partial charge in [0, 0.05) is 19.0 Å². The summed E-state index contributed by atoms with van der Waals surface area (Å²) in [5.74, 6) is 0.164. The number of carbonyl (C=O) groups excluding carboxylic acids is 1. The molecule has 0 radical (unpaired) electrons. The Labute approximate surface area is 146 Å². The summed E-state index contributed by atoms with van der Waals surface area (Å²) in [5, 5.41) is 31.6. The van der Waals surface area contributed by atoms with Crippen molar-refractivity contribution >= 4 is 5.91 Å². The van der Waals surface area contributed by atoms with Crippen molar-refractivity contribution in [3.8, 4) is 23.0 Å². The van der Waals surface area contributed by atoms with Crippen molar-refractivity contribution in [2.24, 2.45) is 0 Å². The number of hydrogen-bond acceptors (Lipinski definition) is 5. The van der Waals surface area contributed by atoms with Crippen LogP contribution in [0.3, 0.4) is 0 Å². The molecule has 134 valence electrons. The number of carbonyl (C=O) groups is 1. The Morgan fingerprint density at radius 2 is 1.88 bits per heavy atom. The largest absolute Gasteiger partial charge is 0.508 e. The fraction of sp³-hybridized carbons (Fsp3) is 0.316. The van der Waals surface area contributed by atoms with Gasteiger partial charge in [0.15, 0.2) is 11.5 Å². The molecule has 0 saturated heterocycles. The topological polar surface area (TPSA) is 99.0 Å². The van der Waals surface area contributed by atoms with E-state index in [1.807, 2.05) is 6.92 Å². The number of ether oxygens (including phenoxy) is 1. The molecular weight excluding hydrogens is 322 g/mol. The monoisotopic (exact) mass is 345 g/mol. The van der Waals surface area contributed by atoms with E-state index < -0.39 is 0 Å². The first-order chi connectivity index (χ1) is 11.9. The first-order valence-electron chi connectivity index (χ1n) is 8.05. The predicted octanol–water partition coefficient (Wildman–Crippen LogP) is 2.66. The molecule has 0 saturated carbocycles. The molecule has 0 aliphatic heterocycles. The molecule has 1 amide bonds. The molecule has 0 aliphatic rings. The molecule has 1 atom stereocenters. The van der Waals surface area contributed by atoms with E-state index in [1.165, 1.54) is 19.2 Å². The minimum absolute atomic E-state index is 0.0118. The Morgan fingerprint density at radius 1 is 1.12 bits per heavy atom. The number of benzene rings is 2. The van der Waals surface area contributed by atoms with Crippen molar-refractivity contribution in [3.05, 3.63) is 47.5 Å². The van der Waals surface area contributed by atoms with Gasteiger partial charge >= 0.3 is 0 Å². The molecule has 4 N–H and O–H groups in total. The zero-order valence-electron chi connectivity index (χ0n) is 14.3. The van der Waals surface area contributed by atoms with E-state index in [0.29, 0.717) is 24.3 Å². The number of aromatic hydroxyl groups is 3. The SMILES string of the molecule is COc1cc(CCNC(=O)CC(C)c2ccc(O)cc2O)ccc1O. The Kier molecular flexibility index (Phi) is 6.11. The lowest BCUT2D eigenvalue weighted by Gasteiger charge is -2.14. The van der Waals surface area contributed by atoms with Gasteiger partial charge in [-0.2, -0.15) is 0 Å². The van der Waals surface area contributed by atoms with Crippen LogP contribution in [-0.2, 0) is 11.2 Å². The summed E-state index contributed by atoms with van der Waals surface area (Å²) in [5.41, 5.74) is 1.57. The molecule has 2 aromatic rings. The normalized spacial score (nSPS) is 11.8. The molecule has 1 unspecified atom stereocenters. The molecule has 25 heavy (non-hydrogen) atoms. The number of nitrogens with one attached hydrogen (secondary N) is 1. The van der Waals surface area contributed by atoms with E-state index in [2.05, 4.69) is 5.32 Å². The Hall–Kier alpha value is -2.89. The second-order valence-electron chi connectivity index (χ2n) is 5.95. The highest BCUT2D eigenvalue weighted by Crippen LogP contribution is 2.30. The van der Waals surface area contributed by atoms with E-state index in [-0.39, 0.29) is 35.5 Å². The molecule has 0 aromatic heterocycles. The number of amides is 1. The lowest BCUT2D eigenvalue weighted by atomic mass is 9.96. The van der Waals surface area contributed by atoms with Crippen LogP contribution in [0.1, 0.15) is 30.4 Å². The molecule has 2 rings (SSSR count). The maximum Gasteiger partial charge on any atom is 0.220 e. The summed E-state index contributed by atoms with van der Waals surface area (Å²) >= 11 is 0. The van der Waals surface area contributed by atoms with Gasteiger partial charge in [0.05, 0.1) is 7.11 Å². The van der Waals surface area contributed by atoms with E-state index in [0.717, 1.165) is 5.56 Å². The number of phenols is 3. The second-order valence-corrected chi connectivity index (χ2v) is 5.95. The number of methoxy groups -OCH3 is 1. The van der Waals surface area contributed by atoms with Gasteiger partial charge in [-0.25, -0.2) is 0 Å². The third-order valence-electron chi connectivity index (χ3n) is 4.02. The van der Waals surface area contributed by atoms with Crippen molar-refractivity contribution in [3.63, 3.8) is 0 Å². The van der Waals surface area contributed by atoms with Gasteiger partial charge < -0.3 is 25.4 Å². The highest BCUT2D eigenvalue weighted by Gasteiger charge is 2.15. The summed E-state index contributed by atoms with van der Waals surface area (Å²) in [7, 11) is 1.49. The molecule has 0 aliphatic carbocycles. The van der Waals surface area contributed by atoms with Gasteiger partial charge in [-0.3, -0.25) is 4.79 Å². The fourth-order valence-corrected chi connectivity index (χ4v) is 2.63. The van der Waals surface area contributed by atoms with Crippen molar-refractivity contribution in [2.45, 2.75) is 25.7 Å². The molecular formula is C19H23NO5. The molecule has 2 aromatic carbocycles. The summed E-state index contributed by atoms with van der Waals surface area (Å²) in [6, 6.07) is 9.44. The third kappa shape index (κ3) is 5.04. The van der Waals surface area contributed by atoms with Gasteiger partial charge in [0.1, 0.15) is 11.5 Å². The van der Waals surface area contributed by atoms with Gasteiger partial charge in [-0.1, -0.05) is 19.1 Å².